The lowest BCUT2D eigenvalue weighted by atomic mass is 10.0. The summed E-state index contributed by atoms with van der Waals surface area (Å²) < 4.78 is 1.68. The molecular formula is C17H17N3OS. The van der Waals surface area contributed by atoms with Gasteiger partial charge >= 0.3 is 0 Å². The predicted molar refractivity (Wildman–Crippen MR) is 90.0 cm³/mol. The van der Waals surface area contributed by atoms with Crippen molar-refractivity contribution in [2.45, 2.75) is 26.3 Å². The third kappa shape index (κ3) is 2.04. The van der Waals surface area contributed by atoms with Gasteiger partial charge in [-0.05, 0) is 18.6 Å². The van der Waals surface area contributed by atoms with Crippen molar-refractivity contribution in [3.63, 3.8) is 0 Å². The highest BCUT2D eigenvalue weighted by molar-refractivity contribution is 7.15. The lowest BCUT2D eigenvalue weighted by molar-refractivity contribution is 0.736. The lowest BCUT2D eigenvalue weighted by Crippen LogP contribution is -2.23. The molecule has 0 radical (unpaired) electrons. The third-order valence-electron chi connectivity index (χ3n) is 4.28. The Kier molecular flexibility index (Phi) is 3.04. The van der Waals surface area contributed by atoms with Crippen LogP contribution in [0.15, 0.2) is 40.5 Å². The molecule has 1 atom stereocenters. The highest BCUT2D eigenvalue weighted by Gasteiger charge is 2.25. The van der Waals surface area contributed by atoms with Crippen LogP contribution in [0.3, 0.4) is 0 Å². The Morgan fingerprint density at radius 2 is 2.18 bits per heavy atom. The van der Waals surface area contributed by atoms with Crippen molar-refractivity contribution >= 4 is 22.0 Å². The molecule has 0 amide bonds. The number of nitrogens with zero attached hydrogens (tertiary/aromatic N) is 3. The van der Waals surface area contributed by atoms with E-state index >= 15 is 0 Å². The Morgan fingerprint density at radius 1 is 1.36 bits per heavy atom. The fourth-order valence-corrected chi connectivity index (χ4v) is 4.14. The standard InChI is InChI=1S/C17H17N3OS/c1-11-8-19(15-6-4-3-5-14(11)15)9-13-7-16(21)20-12(2)10-22-17(20)18-13/h3-7,10-11H,8-9H2,1-2H3/t11-/m1/s1. The van der Waals surface area contributed by atoms with Crippen LogP contribution in [0.25, 0.3) is 4.96 Å². The summed E-state index contributed by atoms with van der Waals surface area (Å²) in [6.07, 6.45) is 0. The van der Waals surface area contributed by atoms with Crippen LogP contribution in [-0.4, -0.2) is 15.9 Å². The second kappa shape index (κ2) is 4.95. The molecule has 4 rings (SSSR count). The molecule has 0 saturated carbocycles. The molecule has 5 heteroatoms. The molecule has 1 aromatic carbocycles. The van der Waals surface area contributed by atoms with Gasteiger partial charge in [-0.25, -0.2) is 4.98 Å². The lowest BCUT2D eigenvalue weighted by Gasteiger charge is -2.19. The minimum absolute atomic E-state index is 0.0132. The highest BCUT2D eigenvalue weighted by Crippen LogP contribution is 2.36. The number of anilines is 1. The fraction of sp³-hybridized carbons (Fsp3) is 0.294. The van der Waals surface area contributed by atoms with Crippen LogP contribution in [-0.2, 0) is 6.54 Å². The number of aromatic nitrogens is 2. The van der Waals surface area contributed by atoms with E-state index < -0.39 is 0 Å². The largest absolute Gasteiger partial charge is 0.365 e. The molecule has 1 aliphatic heterocycles. The first kappa shape index (κ1) is 13.5. The number of hydrogen-bond acceptors (Lipinski definition) is 4. The van der Waals surface area contributed by atoms with Crippen molar-refractivity contribution < 1.29 is 0 Å². The van der Waals surface area contributed by atoms with Gasteiger partial charge in [-0.3, -0.25) is 9.20 Å². The number of aryl methyl sites for hydroxylation is 1. The molecule has 4 nitrogen and oxygen atoms in total. The summed E-state index contributed by atoms with van der Waals surface area (Å²) in [5, 5.41) is 1.97. The molecule has 0 N–H and O–H groups in total. The molecule has 3 aromatic rings. The summed E-state index contributed by atoms with van der Waals surface area (Å²) in [5.74, 6) is 0.519. The van der Waals surface area contributed by atoms with Crippen molar-refractivity contribution in [1.82, 2.24) is 9.38 Å². The summed E-state index contributed by atoms with van der Waals surface area (Å²) in [5.41, 5.74) is 4.45. The summed E-state index contributed by atoms with van der Waals surface area (Å²) in [7, 11) is 0. The van der Waals surface area contributed by atoms with Crippen LogP contribution < -0.4 is 10.5 Å². The van der Waals surface area contributed by atoms with Crippen molar-refractivity contribution in [2.24, 2.45) is 0 Å². The number of thiazole rings is 1. The van der Waals surface area contributed by atoms with Gasteiger partial charge in [0.25, 0.3) is 5.56 Å². The van der Waals surface area contributed by atoms with Crippen LogP contribution in [0.1, 0.15) is 29.8 Å². The molecule has 0 aliphatic carbocycles. The van der Waals surface area contributed by atoms with Crippen LogP contribution in [0.4, 0.5) is 5.69 Å². The molecule has 0 spiro atoms. The molecule has 3 heterocycles. The first-order valence-electron chi connectivity index (χ1n) is 7.44. The minimum atomic E-state index is 0.0132. The van der Waals surface area contributed by atoms with Gasteiger partial charge < -0.3 is 4.90 Å². The van der Waals surface area contributed by atoms with Crippen molar-refractivity contribution in [2.75, 3.05) is 11.4 Å². The molecule has 2 aromatic heterocycles. The van der Waals surface area contributed by atoms with E-state index in [1.165, 1.54) is 22.6 Å². The van der Waals surface area contributed by atoms with E-state index in [1.54, 1.807) is 10.5 Å². The van der Waals surface area contributed by atoms with Crippen LogP contribution in [0.5, 0.6) is 0 Å². The predicted octanol–water partition coefficient (Wildman–Crippen LogP) is 3.19. The highest BCUT2D eigenvalue weighted by atomic mass is 32.1. The van der Waals surface area contributed by atoms with Gasteiger partial charge in [0.2, 0.25) is 0 Å². The topological polar surface area (TPSA) is 37.6 Å². The second-order valence-corrected chi connectivity index (χ2v) is 6.76. The number of para-hydroxylation sites is 1. The van der Waals surface area contributed by atoms with Crippen LogP contribution in [0, 0.1) is 6.92 Å². The average Bonchev–Trinajstić information content (AvgIpc) is 3.02. The smallest absolute Gasteiger partial charge is 0.259 e. The Bertz CT molecular complexity index is 912. The Labute approximate surface area is 132 Å². The molecule has 1 aliphatic rings. The van der Waals surface area contributed by atoms with Gasteiger partial charge in [-0.15, -0.1) is 11.3 Å². The normalized spacial score (nSPS) is 17.2. The summed E-state index contributed by atoms with van der Waals surface area (Å²) in [6, 6.07) is 10.2. The van der Waals surface area contributed by atoms with Crippen molar-refractivity contribution in [1.29, 1.82) is 0 Å². The van der Waals surface area contributed by atoms with Gasteiger partial charge in [0.15, 0.2) is 4.96 Å². The van der Waals surface area contributed by atoms with E-state index in [2.05, 4.69) is 41.1 Å². The monoisotopic (exact) mass is 311 g/mol. The first-order valence-corrected chi connectivity index (χ1v) is 8.32. The summed E-state index contributed by atoms with van der Waals surface area (Å²) in [4.78, 5) is 20.0. The van der Waals surface area contributed by atoms with E-state index in [1.807, 2.05) is 12.3 Å². The SMILES string of the molecule is Cc1csc2nc(CN3C[C@@H](C)c4ccccc43)cc(=O)n12. The second-order valence-electron chi connectivity index (χ2n) is 5.92. The summed E-state index contributed by atoms with van der Waals surface area (Å²) >= 11 is 1.52. The minimum Gasteiger partial charge on any atom is -0.365 e. The Balaban J connectivity index is 1.72. The van der Waals surface area contributed by atoms with Crippen LogP contribution in [0.2, 0.25) is 0 Å². The van der Waals surface area contributed by atoms with Gasteiger partial charge in [0.05, 0.1) is 12.2 Å². The third-order valence-corrected chi connectivity index (χ3v) is 5.23. The first-order chi connectivity index (χ1) is 10.6. The Morgan fingerprint density at radius 3 is 3.05 bits per heavy atom. The number of benzene rings is 1. The van der Waals surface area contributed by atoms with E-state index in [0.29, 0.717) is 12.5 Å². The van der Waals surface area contributed by atoms with Gasteiger partial charge in [-0.2, -0.15) is 0 Å². The zero-order valence-electron chi connectivity index (χ0n) is 12.6. The van der Waals surface area contributed by atoms with Gasteiger partial charge in [-0.1, -0.05) is 25.1 Å². The number of fused-ring (bicyclic) bond motifs is 2. The summed E-state index contributed by atoms with van der Waals surface area (Å²) in [6.45, 7) is 5.84. The maximum Gasteiger partial charge on any atom is 0.259 e. The van der Waals surface area contributed by atoms with Crippen molar-refractivity contribution in [3.05, 3.63) is 63.0 Å². The van der Waals surface area contributed by atoms with E-state index in [4.69, 9.17) is 0 Å². The Hall–Kier alpha value is -2.14. The van der Waals surface area contributed by atoms with E-state index in [-0.39, 0.29) is 5.56 Å². The quantitative estimate of drug-likeness (QED) is 0.729. The molecule has 0 fully saturated rings. The van der Waals surface area contributed by atoms with Crippen LogP contribution >= 0.6 is 11.3 Å². The maximum atomic E-state index is 12.3. The molecule has 112 valence electrons. The fourth-order valence-electron chi connectivity index (χ4n) is 3.25. The number of rotatable bonds is 2. The molecule has 0 bridgehead atoms. The molecule has 0 unspecified atom stereocenters. The van der Waals surface area contributed by atoms with E-state index in [9.17, 15) is 4.79 Å². The van der Waals surface area contributed by atoms with Gasteiger partial charge in [0, 0.05) is 35.3 Å². The van der Waals surface area contributed by atoms with Gasteiger partial charge in [0.1, 0.15) is 0 Å². The average molecular weight is 311 g/mol. The molecule has 0 saturated heterocycles. The molecule has 22 heavy (non-hydrogen) atoms. The molecular weight excluding hydrogens is 294 g/mol. The maximum absolute atomic E-state index is 12.3. The zero-order valence-corrected chi connectivity index (χ0v) is 13.4. The van der Waals surface area contributed by atoms with E-state index in [0.717, 1.165) is 22.9 Å². The van der Waals surface area contributed by atoms with Crippen molar-refractivity contribution in [3.8, 4) is 0 Å². The zero-order chi connectivity index (χ0) is 15.3. The number of hydrogen-bond donors (Lipinski definition) is 0.